The maximum Gasteiger partial charge on any atom is 0.286 e. The molecule has 1 N–H and O–H groups in total. The molecule has 2 aromatic rings. The Morgan fingerprint density at radius 3 is 3.00 bits per heavy atom. The first-order valence-corrected chi connectivity index (χ1v) is 3.88. The summed E-state index contributed by atoms with van der Waals surface area (Å²) in [5.74, 6) is -0.603. The Bertz CT molecular complexity index is 521. The Labute approximate surface area is 77.7 Å². The number of halogens is 1. The largest absolute Gasteiger partial charge is 0.286 e. The molecular formula is C8H6FN3O2. The summed E-state index contributed by atoms with van der Waals surface area (Å²) in [6, 6.07) is 1.20. The van der Waals surface area contributed by atoms with Gasteiger partial charge < -0.3 is 0 Å². The molecule has 0 aliphatic carbocycles. The number of hydrogen-bond donors (Lipinski definition) is 1. The third kappa shape index (κ3) is 1.04. The molecule has 2 rings (SSSR count). The molecule has 0 atom stereocenters. The number of benzene rings is 1. The maximum absolute atomic E-state index is 13.2. The second-order valence-corrected chi connectivity index (χ2v) is 2.92. The fourth-order valence-electron chi connectivity index (χ4n) is 1.38. The van der Waals surface area contributed by atoms with Crippen LogP contribution in [0.5, 0.6) is 0 Å². The van der Waals surface area contributed by atoms with Gasteiger partial charge in [0.2, 0.25) is 0 Å². The second-order valence-electron chi connectivity index (χ2n) is 2.92. The highest BCUT2D eigenvalue weighted by atomic mass is 19.1. The summed E-state index contributed by atoms with van der Waals surface area (Å²) < 4.78 is 13.2. The Morgan fingerprint density at radius 2 is 2.36 bits per heavy atom. The number of nitrogens with one attached hydrogen (secondary N) is 1. The van der Waals surface area contributed by atoms with Crippen LogP contribution in [0.3, 0.4) is 0 Å². The van der Waals surface area contributed by atoms with Crippen LogP contribution in [0.1, 0.15) is 5.56 Å². The van der Waals surface area contributed by atoms with Crippen molar-refractivity contribution in [1.82, 2.24) is 10.2 Å². The first-order valence-electron chi connectivity index (χ1n) is 3.88. The minimum atomic E-state index is -0.603. The van der Waals surface area contributed by atoms with E-state index in [1.165, 1.54) is 19.2 Å². The molecule has 1 heterocycles. The summed E-state index contributed by atoms with van der Waals surface area (Å²) in [4.78, 5) is 10.1. The smallest absolute Gasteiger partial charge is 0.277 e. The number of nitrogens with zero attached hydrogens (tertiary/aromatic N) is 2. The number of rotatable bonds is 1. The Balaban J connectivity index is 2.93. The molecule has 1 aromatic heterocycles. The molecule has 14 heavy (non-hydrogen) atoms. The van der Waals surface area contributed by atoms with E-state index in [4.69, 9.17) is 0 Å². The topological polar surface area (TPSA) is 71.8 Å². The quantitative estimate of drug-likeness (QED) is 0.558. The van der Waals surface area contributed by atoms with Gasteiger partial charge in [-0.1, -0.05) is 0 Å². The van der Waals surface area contributed by atoms with Crippen LogP contribution in [-0.2, 0) is 0 Å². The van der Waals surface area contributed by atoms with E-state index in [1.807, 2.05) is 0 Å². The van der Waals surface area contributed by atoms with Gasteiger partial charge in [-0.05, 0) is 6.92 Å². The number of aromatic amines is 1. The van der Waals surface area contributed by atoms with E-state index in [9.17, 15) is 14.5 Å². The van der Waals surface area contributed by atoms with Crippen LogP contribution in [-0.4, -0.2) is 15.1 Å². The van der Waals surface area contributed by atoms with Gasteiger partial charge in [0.05, 0.1) is 27.6 Å². The lowest BCUT2D eigenvalue weighted by Gasteiger charge is -1.99. The van der Waals surface area contributed by atoms with E-state index in [-0.39, 0.29) is 11.3 Å². The molecule has 0 amide bonds. The van der Waals surface area contributed by atoms with Gasteiger partial charge in [-0.15, -0.1) is 0 Å². The van der Waals surface area contributed by atoms with Crippen molar-refractivity contribution >= 4 is 16.6 Å². The number of H-pyrrole nitrogens is 1. The average molecular weight is 195 g/mol. The lowest BCUT2D eigenvalue weighted by molar-refractivity contribution is -0.383. The molecule has 5 nitrogen and oxygen atoms in total. The monoisotopic (exact) mass is 195 g/mol. The van der Waals surface area contributed by atoms with Crippen molar-refractivity contribution in [2.45, 2.75) is 6.92 Å². The molecule has 0 saturated heterocycles. The Kier molecular flexibility index (Phi) is 1.70. The van der Waals surface area contributed by atoms with Gasteiger partial charge in [0, 0.05) is 6.07 Å². The number of hydrogen-bond acceptors (Lipinski definition) is 3. The molecule has 0 bridgehead atoms. The van der Waals surface area contributed by atoms with E-state index in [1.54, 1.807) is 0 Å². The summed E-state index contributed by atoms with van der Waals surface area (Å²) in [7, 11) is 0. The highest BCUT2D eigenvalue weighted by Gasteiger charge is 2.20. The van der Waals surface area contributed by atoms with E-state index in [2.05, 4.69) is 10.2 Å². The van der Waals surface area contributed by atoms with Crippen molar-refractivity contribution in [3.8, 4) is 0 Å². The molecule has 0 spiro atoms. The lowest BCUT2D eigenvalue weighted by Crippen LogP contribution is -1.95. The average Bonchev–Trinajstić information content (AvgIpc) is 2.52. The summed E-state index contributed by atoms with van der Waals surface area (Å²) in [5.41, 5.74) is 0.137. The molecule has 6 heteroatoms. The zero-order valence-corrected chi connectivity index (χ0v) is 7.24. The zero-order valence-electron chi connectivity index (χ0n) is 7.24. The third-order valence-corrected chi connectivity index (χ3v) is 2.09. The van der Waals surface area contributed by atoms with Gasteiger partial charge in [-0.3, -0.25) is 15.2 Å². The molecule has 1 aromatic carbocycles. The molecule has 0 aliphatic heterocycles. The first-order chi connectivity index (χ1) is 6.61. The fraction of sp³-hybridized carbons (Fsp3) is 0.125. The van der Waals surface area contributed by atoms with Crippen LogP contribution < -0.4 is 0 Å². The lowest BCUT2D eigenvalue weighted by atomic mass is 10.1. The maximum atomic E-state index is 13.2. The summed E-state index contributed by atoms with van der Waals surface area (Å²) in [6.45, 7) is 1.37. The van der Waals surface area contributed by atoms with Crippen LogP contribution in [0.4, 0.5) is 10.1 Å². The van der Waals surface area contributed by atoms with Gasteiger partial charge in [0.25, 0.3) is 5.69 Å². The van der Waals surface area contributed by atoms with Crippen molar-refractivity contribution in [3.63, 3.8) is 0 Å². The predicted octanol–water partition coefficient (Wildman–Crippen LogP) is 1.92. The number of nitro benzene ring substituents is 1. The number of fused-ring (bicyclic) bond motifs is 1. The van der Waals surface area contributed by atoms with Crippen molar-refractivity contribution in [1.29, 1.82) is 0 Å². The minimum absolute atomic E-state index is 0.0314. The first kappa shape index (κ1) is 8.61. The van der Waals surface area contributed by atoms with E-state index < -0.39 is 10.7 Å². The van der Waals surface area contributed by atoms with E-state index in [0.717, 1.165) is 0 Å². The third-order valence-electron chi connectivity index (χ3n) is 2.09. The minimum Gasteiger partial charge on any atom is -0.277 e. The van der Waals surface area contributed by atoms with Crippen LogP contribution in [0.25, 0.3) is 10.9 Å². The molecule has 0 unspecified atom stereocenters. The van der Waals surface area contributed by atoms with Crippen molar-refractivity contribution < 1.29 is 9.31 Å². The van der Waals surface area contributed by atoms with E-state index >= 15 is 0 Å². The Hall–Kier alpha value is -1.98. The van der Waals surface area contributed by atoms with Crippen LogP contribution in [0, 0.1) is 22.9 Å². The number of aromatic nitrogens is 2. The summed E-state index contributed by atoms with van der Waals surface area (Å²) in [5, 5.41) is 17.1. The highest BCUT2D eigenvalue weighted by Crippen LogP contribution is 2.29. The van der Waals surface area contributed by atoms with Crippen LogP contribution in [0.2, 0.25) is 0 Å². The summed E-state index contributed by atoms with van der Waals surface area (Å²) in [6.07, 6.45) is 1.32. The molecule has 0 fully saturated rings. The summed E-state index contributed by atoms with van der Waals surface area (Å²) >= 11 is 0. The fourth-order valence-corrected chi connectivity index (χ4v) is 1.38. The van der Waals surface area contributed by atoms with Crippen LogP contribution >= 0.6 is 0 Å². The van der Waals surface area contributed by atoms with Gasteiger partial charge in [-0.2, -0.15) is 5.10 Å². The second kappa shape index (κ2) is 2.76. The van der Waals surface area contributed by atoms with Gasteiger partial charge in [0.15, 0.2) is 0 Å². The van der Waals surface area contributed by atoms with Crippen LogP contribution in [0.15, 0.2) is 12.3 Å². The van der Waals surface area contributed by atoms with Crippen molar-refractivity contribution in [2.75, 3.05) is 0 Å². The zero-order chi connectivity index (χ0) is 10.3. The Morgan fingerprint density at radius 1 is 1.64 bits per heavy atom. The van der Waals surface area contributed by atoms with E-state index in [0.29, 0.717) is 10.9 Å². The standard InChI is InChI=1S/C8H6FN3O2/c1-4-6(9)2-7-5(3-10-11-7)8(4)12(13)14/h2-3H,1H3,(H,10,11). The molecule has 0 saturated carbocycles. The van der Waals surface area contributed by atoms with Crippen molar-refractivity contribution in [3.05, 3.63) is 33.8 Å². The predicted molar refractivity (Wildman–Crippen MR) is 47.4 cm³/mol. The van der Waals surface area contributed by atoms with Gasteiger partial charge >= 0.3 is 0 Å². The number of nitro groups is 1. The molecule has 0 aliphatic rings. The van der Waals surface area contributed by atoms with Crippen molar-refractivity contribution in [2.24, 2.45) is 0 Å². The molecular weight excluding hydrogens is 189 g/mol. The van der Waals surface area contributed by atoms with Gasteiger partial charge in [-0.25, -0.2) is 4.39 Å². The normalized spacial score (nSPS) is 10.7. The molecule has 72 valence electrons. The van der Waals surface area contributed by atoms with Gasteiger partial charge in [0.1, 0.15) is 5.82 Å². The SMILES string of the molecule is Cc1c(F)cc2[nH]ncc2c1[N+](=O)[O-]. The highest BCUT2D eigenvalue weighted by molar-refractivity contribution is 5.89. The molecule has 0 radical (unpaired) electrons.